The molecule has 0 bridgehead atoms. The lowest BCUT2D eigenvalue weighted by Crippen LogP contribution is -2.43. The number of carbonyl (C=O) groups is 2. The predicted octanol–water partition coefficient (Wildman–Crippen LogP) is 3.68. The zero-order valence-electron chi connectivity index (χ0n) is 17.0. The van der Waals surface area contributed by atoms with Gasteiger partial charge in [-0.3, -0.25) is 9.59 Å². The molecule has 0 aliphatic heterocycles. The lowest BCUT2D eigenvalue weighted by Gasteiger charge is -2.27. The Balaban J connectivity index is 1.68. The van der Waals surface area contributed by atoms with E-state index in [4.69, 9.17) is 0 Å². The number of rotatable bonds is 10. The van der Waals surface area contributed by atoms with Crippen LogP contribution in [0.15, 0.2) is 48.7 Å². The average Bonchev–Trinajstić information content (AvgIpc) is 3.44. The first-order valence-electron chi connectivity index (χ1n) is 10.3. The van der Waals surface area contributed by atoms with Crippen molar-refractivity contribution in [1.29, 1.82) is 0 Å². The first-order chi connectivity index (χ1) is 13.6. The van der Waals surface area contributed by atoms with Gasteiger partial charge in [0.2, 0.25) is 11.8 Å². The molecule has 1 aromatic carbocycles. The van der Waals surface area contributed by atoms with E-state index in [0.29, 0.717) is 19.1 Å². The Morgan fingerprint density at radius 3 is 2.50 bits per heavy atom. The van der Waals surface area contributed by atoms with Crippen molar-refractivity contribution < 1.29 is 9.59 Å². The van der Waals surface area contributed by atoms with Crippen molar-refractivity contribution in [2.45, 2.75) is 58.7 Å². The topological polar surface area (TPSA) is 45.6 Å². The molecule has 0 N–H and O–H groups in total. The quantitative estimate of drug-likeness (QED) is 0.630. The molecule has 0 unspecified atom stereocenters. The highest BCUT2D eigenvalue weighted by Crippen LogP contribution is 2.29. The summed E-state index contributed by atoms with van der Waals surface area (Å²) in [5.41, 5.74) is 2.37. The molecule has 28 heavy (non-hydrogen) atoms. The molecule has 2 aromatic rings. The normalized spacial score (nSPS) is 13.4. The Bertz CT molecular complexity index is 780. The van der Waals surface area contributed by atoms with Crippen LogP contribution >= 0.6 is 0 Å². The van der Waals surface area contributed by atoms with Crippen LogP contribution in [0.4, 0.5) is 0 Å². The Labute approximate surface area is 167 Å². The third-order valence-electron chi connectivity index (χ3n) is 5.31. The molecule has 1 aliphatic rings. The SMILES string of the molecule is CCCCN(CC(=O)N(Cc1cccn1Cc1ccccc1)C1CC1)C(C)=O. The van der Waals surface area contributed by atoms with Crippen LogP contribution in [0.5, 0.6) is 0 Å². The monoisotopic (exact) mass is 381 g/mol. The fourth-order valence-corrected chi connectivity index (χ4v) is 3.46. The summed E-state index contributed by atoms with van der Waals surface area (Å²) in [7, 11) is 0. The molecule has 1 fully saturated rings. The summed E-state index contributed by atoms with van der Waals surface area (Å²) in [5, 5.41) is 0. The molecule has 0 atom stereocenters. The average molecular weight is 382 g/mol. The molecule has 1 aromatic heterocycles. The Morgan fingerprint density at radius 2 is 1.86 bits per heavy atom. The van der Waals surface area contributed by atoms with Crippen molar-refractivity contribution in [2.24, 2.45) is 0 Å². The highest BCUT2D eigenvalue weighted by molar-refractivity contribution is 5.84. The van der Waals surface area contributed by atoms with Gasteiger partial charge in [0.1, 0.15) is 0 Å². The number of hydrogen-bond donors (Lipinski definition) is 0. The molecule has 150 valence electrons. The van der Waals surface area contributed by atoms with Crippen molar-refractivity contribution in [2.75, 3.05) is 13.1 Å². The molecule has 0 radical (unpaired) electrons. The van der Waals surface area contributed by atoms with Crippen LogP contribution in [-0.4, -0.2) is 45.3 Å². The number of nitrogens with zero attached hydrogens (tertiary/aromatic N) is 3. The standard InChI is InChI=1S/C23H31N3O2/c1-3-4-14-24(19(2)27)18-23(28)26(21-12-13-21)17-22-11-8-15-25(22)16-20-9-6-5-7-10-20/h5-11,15,21H,3-4,12-14,16-18H2,1-2H3. The van der Waals surface area contributed by atoms with Crippen molar-refractivity contribution in [3.63, 3.8) is 0 Å². The molecular weight excluding hydrogens is 350 g/mol. The fourth-order valence-electron chi connectivity index (χ4n) is 3.46. The minimum atomic E-state index is -0.0231. The molecule has 0 spiro atoms. The number of benzene rings is 1. The van der Waals surface area contributed by atoms with E-state index in [-0.39, 0.29) is 18.4 Å². The number of amides is 2. The number of hydrogen-bond acceptors (Lipinski definition) is 2. The summed E-state index contributed by atoms with van der Waals surface area (Å²) >= 11 is 0. The maximum Gasteiger partial charge on any atom is 0.242 e. The van der Waals surface area contributed by atoms with Crippen molar-refractivity contribution in [3.05, 3.63) is 59.9 Å². The molecule has 1 aliphatic carbocycles. The Kier molecular flexibility index (Phi) is 6.90. The van der Waals surface area contributed by atoms with Crippen LogP contribution in [0.3, 0.4) is 0 Å². The third-order valence-corrected chi connectivity index (χ3v) is 5.31. The molecule has 2 amide bonds. The van der Waals surface area contributed by atoms with E-state index in [1.165, 1.54) is 5.56 Å². The molecule has 5 heteroatoms. The molecule has 5 nitrogen and oxygen atoms in total. The largest absolute Gasteiger partial charge is 0.345 e. The van der Waals surface area contributed by atoms with E-state index >= 15 is 0 Å². The van der Waals surface area contributed by atoms with Crippen molar-refractivity contribution >= 4 is 11.8 Å². The first-order valence-corrected chi connectivity index (χ1v) is 10.3. The van der Waals surface area contributed by atoms with Gasteiger partial charge in [0.25, 0.3) is 0 Å². The van der Waals surface area contributed by atoms with E-state index in [1.807, 2.05) is 29.2 Å². The van der Waals surface area contributed by atoms with Gasteiger partial charge in [-0.05, 0) is 37.0 Å². The predicted molar refractivity (Wildman–Crippen MR) is 111 cm³/mol. The van der Waals surface area contributed by atoms with E-state index < -0.39 is 0 Å². The summed E-state index contributed by atoms with van der Waals surface area (Å²) in [5.74, 6) is 0.0336. The van der Waals surface area contributed by atoms with Gasteiger partial charge in [0.15, 0.2) is 0 Å². The number of aromatic nitrogens is 1. The summed E-state index contributed by atoms with van der Waals surface area (Å²) in [4.78, 5) is 28.6. The van der Waals surface area contributed by atoms with Crippen LogP contribution in [0.25, 0.3) is 0 Å². The van der Waals surface area contributed by atoms with Gasteiger partial charge in [-0.25, -0.2) is 0 Å². The van der Waals surface area contributed by atoms with Gasteiger partial charge in [-0.2, -0.15) is 0 Å². The highest BCUT2D eigenvalue weighted by Gasteiger charge is 2.33. The van der Waals surface area contributed by atoms with E-state index in [2.05, 4.69) is 35.9 Å². The molecule has 0 saturated heterocycles. The first kappa shape index (κ1) is 20.2. The van der Waals surface area contributed by atoms with Crippen molar-refractivity contribution in [1.82, 2.24) is 14.4 Å². The molecule has 1 heterocycles. The van der Waals surface area contributed by atoms with E-state index in [9.17, 15) is 9.59 Å². The summed E-state index contributed by atoms with van der Waals surface area (Å²) in [6, 6.07) is 14.8. The Hall–Kier alpha value is -2.56. The minimum absolute atomic E-state index is 0.0231. The molecule has 3 rings (SSSR count). The second-order valence-electron chi connectivity index (χ2n) is 7.66. The van der Waals surface area contributed by atoms with Crippen LogP contribution in [0, 0.1) is 0 Å². The van der Waals surface area contributed by atoms with Gasteiger partial charge >= 0.3 is 0 Å². The fraction of sp³-hybridized carbons (Fsp3) is 0.478. The minimum Gasteiger partial charge on any atom is -0.345 e. The van der Waals surface area contributed by atoms with E-state index in [0.717, 1.165) is 37.9 Å². The summed E-state index contributed by atoms with van der Waals surface area (Å²) < 4.78 is 2.21. The van der Waals surface area contributed by atoms with Crippen LogP contribution in [0.2, 0.25) is 0 Å². The van der Waals surface area contributed by atoms with Gasteiger partial charge < -0.3 is 14.4 Å². The van der Waals surface area contributed by atoms with Gasteiger partial charge in [0, 0.05) is 37.9 Å². The van der Waals surface area contributed by atoms with E-state index in [1.54, 1.807) is 11.8 Å². The number of carbonyl (C=O) groups excluding carboxylic acids is 2. The zero-order valence-corrected chi connectivity index (χ0v) is 17.0. The third kappa shape index (κ3) is 5.47. The highest BCUT2D eigenvalue weighted by atomic mass is 16.2. The van der Waals surface area contributed by atoms with Crippen LogP contribution in [-0.2, 0) is 22.7 Å². The molecular formula is C23H31N3O2. The maximum atomic E-state index is 13.0. The summed E-state index contributed by atoms with van der Waals surface area (Å²) in [6.45, 7) is 5.88. The summed E-state index contributed by atoms with van der Waals surface area (Å²) in [6.07, 6.45) is 6.12. The maximum absolute atomic E-state index is 13.0. The second kappa shape index (κ2) is 9.58. The smallest absolute Gasteiger partial charge is 0.242 e. The lowest BCUT2D eigenvalue weighted by molar-refractivity contribution is -0.140. The zero-order chi connectivity index (χ0) is 19.9. The molecule has 1 saturated carbocycles. The van der Waals surface area contributed by atoms with Crippen LogP contribution in [0.1, 0.15) is 50.8 Å². The van der Waals surface area contributed by atoms with Crippen molar-refractivity contribution in [3.8, 4) is 0 Å². The van der Waals surface area contributed by atoms with Gasteiger partial charge in [-0.1, -0.05) is 43.7 Å². The number of unbranched alkanes of at least 4 members (excludes halogenated alkanes) is 1. The van der Waals surface area contributed by atoms with Gasteiger partial charge in [0.05, 0.1) is 13.1 Å². The Morgan fingerprint density at radius 1 is 1.11 bits per heavy atom. The van der Waals surface area contributed by atoms with Gasteiger partial charge in [-0.15, -0.1) is 0 Å². The lowest BCUT2D eigenvalue weighted by atomic mass is 10.2. The second-order valence-corrected chi connectivity index (χ2v) is 7.66. The van der Waals surface area contributed by atoms with Crippen LogP contribution < -0.4 is 0 Å².